The third-order valence-electron chi connectivity index (χ3n) is 5.62. The fourth-order valence-electron chi connectivity index (χ4n) is 3.44. The Balaban J connectivity index is 1.97. The lowest BCUT2D eigenvalue weighted by atomic mass is 10.1. The quantitative estimate of drug-likeness (QED) is 0.699. The first kappa shape index (κ1) is 23.0. The van der Waals surface area contributed by atoms with Crippen LogP contribution < -0.4 is 14.8 Å². The van der Waals surface area contributed by atoms with E-state index in [0.29, 0.717) is 28.7 Å². The Kier molecular flexibility index (Phi) is 7.49. The molecule has 1 fully saturated rings. The smallest absolute Gasteiger partial charge is 0.255 e. The van der Waals surface area contributed by atoms with Gasteiger partial charge in [0.25, 0.3) is 5.91 Å². The summed E-state index contributed by atoms with van der Waals surface area (Å²) >= 11 is 1.58. The lowest BCUT2D eigenvalue weighted by Gasteiger charge is -2.30. The summed E-state index contributed by atoms with van der Waals surface area (Å²) in [5, 5.41) is 2.77. The number of nitrogens with one attached hydrogen (secondary N) is 1. The molecule has 1 N–H and O–H groups in total. The Hall–Kier alpha value is -2.67. The monoisotopic (exact) mass is 442 g/mol. The van der Waals surface area contributed by atoms with Crippen LogP contribution in [0.25, 0.3) is 0 Å². The molecule has 0 aromatic heterocycles. The number of rotatable bonds is 7. The van der Waals surface area contributed by atoms with Gasteiger partial charge in [0.2, 0.25) is 5.91 Å². The number of hydrogen-bond acceptors (Lipinski definition) is 5. The van der Waals surface area contributed by atoms with Crippen LogP contribution in [0.3, 0.4) is 0 Å². The zero-order valence-corrected chi connectivity index (χ0v) is 19.4. The number of benzene rings is 2. The van der Waals surface area contributed by atoms with Crippen LogP contribution in [0.2, 0.25) is 0 Å². The van der Waals surface area contributed by atoms with Crippen molar-refractivity contribution in [3.8, 4) is 11.5 Å². The van der Waals surface area contributed by atoms with E-state index < -0.39 is 6.04 Å². The average molecular weight is 443 g/mol. The van der Waals surface area contributed by atoms with Crippen molar-refractivity contribution in [2.75, 3.05) is 20.0 Å². The SMILES string of the molecule is COc1ccc(C2SCC(C(=O)NC(C)C(C)C)N2C(=O)c2ccccc2)cc1OC. The Labute approximate surface area is 188 Å². The largest absolute Gasteiger partial charge is 0.493 e. The van der Waals surface area contributed by atoms with Crippen molar-refractivity contribution in [2.45, 2.75) is 38.2 Å². The minimum atomic E-state index is -0.558. The molecule has 0 spiro atoms. The van der Waals surface area contributed by atoms with Gasteiger partial charge in [-0.3, -0.25) is 9.59 Å². The molecule has 3 atom stereocenters. The Bertz CT molecular complexity index is 919. The van der Waals surface area contributed by atoms with Gasteiger partial charge in [-0.2, -0.15) is 0 Å². The maximum atomic E-state index is 13.5. The number of carbonyl (C=O) groups excluding carboxylic acids is 2. The molecule has 1 heterocycles. The van der Waals surface area contributed by atoms with Gasteiger partial charge in [0, 0.05) is 17.4 Å². The highest BCUT2D eigenvalue weighted by Crippen LogP contribution is 2.44. The molecule has 3 unspecified atom stereocenters. The van der Waals surface area contributed by atoms with Gasteiger partial charge in [0.05, 0.1) is 14.2 Å². The second-order valence-corrected chi connectivity index (χ2v) is 9.05. The summed E-state index contributed by atoms with van der Waals surface area (Å²) in [6.45, 7) is 6.11. The van der Waals surface area contributed by atoms with Crippen molar-refractivity contribution in [3.05, 3.63) is 59.7 Å². The van der Waals surface area contributed by atoms with E-state index in [1.54, 1.807) is 43.0 Å². The highest BCUT2D eigenvalue weighted by molar-refractivity contribution is 7.99. The van der Waals surface area contributed by atoms with E-state index in [0.717, 1.165) is 5.56 Å². The second-order valence-electron chi connectivity index (χ2n) is 7.94. The van der Waals surface area contributed by atoms with E-state index in [2.05, 4.69) is 19.2 Å². The molecule has 0 bridgehead atoms. The first-order valence-corrected chi connectivity index (χ1v) is 11.4. The van der Waals surface area contributed by atoms with E-state index >= 15 is 0 Å². The number of thioether (sulfide) groups is 1. The molecule has 0 saturated carbocycles. The van der Waals surface area contributed by atoms with Crippen molar-refractivity contribution < 1.29 is 19.1 Å². The zero-order chi connectivity index (χ0) is 22.5. The van der Waals surface area contributed by atoms with Gasteiger partial charge in [0.15, 0.2) is 11.5 Å². The third kappa shape index (κ3) is 4.98. The number of amides is 2. The van der Waals surface area contributed by atoms with E-state index in [-0.39, 0.29) is 23.2 Å². The summed E-state index contributed by atoms with van der Waals surface area (Å²) in [6.07, 6.45) is 0. The summed E-state index contributed by atoms with van der Waals surface area (Å²) in [4.78, 5) is 28.4. The molecule has 0 radical (unpaired) electrons. The maximum absolute atomic E-state index is 13.5. The topological polar surface area (TPSA) is 67.9 Å². The maximum Gasteiger partial charge on any atom is 0.255 e. The molecule has 0 aliphatic carbocycles. The van der Waals surface area contributed by atoms with Crippen molar-refractivity contribution in [1.82, 2.24) is 10.2 Å². The molecule has 2 amide bonds. The number of nitrogens with zero attached hydrogens (tertiary/aromatic N) is 1. The summed E-state index contributed by atoms with van der Waals surface area (Å²) < 4.78 is 10.8. The minimum absolute atomic E-state index is 0.0197. The molecule has 31 heavy (non-hydrogen) atoms. The molecule has 6 nitrogen and oxygen atoms in total. The predicted molar refractivity (Wildman–Crippen MR) is 124 cm³/mol. The number of ether oxygens (including phenoxy) is 2. The fraction of sp³-hybridized carbons (Fsp3) is 0.417. The van der Waals surface area contributed by atoms with Crippen molar-refractivity contribution in [1.29, 1.82) is 0 Å². The summed E-state index contributed by atoms with van der Waals surface area (Å²) in [5.74, 6) is 1.75. The molecule has 1 aliphatic rings. The number of hydrogen-bond donors (Lipinski definition) is 1. The van der Waals surface area contributed by atoms with Gasteiger partial charge in [-0.15, -0.1) is 11.8 Å². The van der Waals surface area contributed by atoms with Crippen LogP contribution in [0.4, 0.5) is 0 Å². The lowest BCUT2D eigenvalue weighted by Crippen LogP contribution is -2.50. The Morgan fingerprint density at radius 3 is 2.32 bits per heavy atom. The van der Waals surface area contributed by atoms with E-state index in [1.807, 2.05) is 43.3 Å². The van der Waals surface area contributed by atoms with Crippen molar-refractivity contribution in [3.63, 3.8) is 0 Å². The van der Waals surface area contributed by atoms with Crippen LogP contribution in [0.5, 0.6) is 11.5 Å². The van der Waals surface area contributed by atoms with Crippen LogP contribution in [0.15, 0.2) is 48.5 Å². The lowest BCUT2D eigenvalue weighted by molar-refractivity contribution is -0.125. The summed E-state index contributed by atoms with van der Waals surface area (Å²) in [7, 11) is 3.17. The van der Waals surface area contributed by atoms with Gasteiger partial charge in [0.1, 0.15) is 11.4 Å². The number of carbonyl (C=O) groups is 2. The van der Waals surface area contributed by atoms with Crippen LogP contribution in [0, 0.1) is 5.92 Å². The van der Waals surface area contributed by atoms with Crippen molar-refractivity contribution >= 4 is 23.6 Å². The van der Waals surface area contributed by atoms with E-state index in [4.69, 9.17) is 9.47 Å². The average Bonchev–Trinajstić information content (AvgIpc) is 3.23. The van der Waals surface area contributed by atoms with Gasteiger partial charge in [-0.25, -0.2) is 0 Å². The van der Waals surface area contributed by atoms with Crippen LogP contribution >= 0.6 is 11.8 Å². The molecule has 2 aromatic carbocycles. The molecule has 1 saturated heterocycles. The Morgan fingerprint density at radius 1 is 1.03 bits per heavy atom. The van der Waals surface area contributed by atoms with Gasteiger partial charge in [-0.1, -0.05) is 38.1 Å². The van der Waals surface area contributed by atoms with Gasteiger partial charge < -0.3 is 19.7 Å². The first-order chi connectivity index (χ1) is 14.9. The summed E-state index contributed by atoms with van der Waals surface area (Å²) in [5.41, 5.74) is 1.45. The predicted octanol–water partition coefficient (Wildman–Crippen LogP) is 4.12. The minimum Gasteiger partial charge on any atom is -0.493 e. The van der Waals surface area contributed by atoms with Crippen LogP contribution in [0.1, 0.15) is 42.1 Å². The fourth-order valence-corrected chi connectivity index (χ4v) is 4.86. The van der Waals surface area contributed by atoms with Crippen LogP contribution in [-0.4, -0.2) is 48.8 Å². The normalized spacial score (nSPS) is 19.2. The molecular weight excluding hydrogens is 412 g/mol. The molecule has 7 heteroatoms. The summed E-state index contributed by atoms with van der Waals surface area (Å²) in [6, 6.07) is 14.2. The second kappa shape index (κ2) is 10.1. The van der Waals surface area contributed by atoms with Gasteiger partial charge in [-0.05, 0) is 42.7 Å². The molecule has 1 aliphatic heterocycles. The zero-order valence-electron chi connectivity index (χ0n) is 18.6. The molecule has 166 valence electrons. The third-order valence-corrected chi connectivity index (χ3v) is 6.94. The first-order valence-electron chi connectivity index (χ1n) is 10.4. The van der Waals surface area contributed by atoms with Crippen molar-refractivity contribution in [2.24, 2.45) is 5.92 Å². The molecule has 2 aromatic rings. The molecular formula is C24H30N2O4S. The highest BCUT2D eigenvalue weighted by atomic mass is 32.2. The van der Waals surface area contributed by atoms with Gasteiger partial charge >= 0.3 is 0 Å². The van der Waals surface area contributed by atoms with E-state index in [1.165, 1.54) is 0 Å². The highest BCUT2D eigenvalue weighted by Gasteiger charge is 2.43. The van der Waals surface area contributed by atoms with Crippen LogP contribution in [-0.2, 0) is 4.79 Å². The number of methoxy groups -OCH3 is 2. The standard InChI is InChI=1S/C24H30N2O4S/c1-15(2)16(3)25-22(27)19-14-31-24(18-11-12-20(29-4)21(13-18)30-5)26(19)23(28)17-9-7-6-8-10-17/h6-13,15-16,19,24H,14H2,1-5H3,(H,25,27). The molecule has 3 rings (SSSR count). The Morgan fingerprint density at radius 2 is 1.71 bits per heavy atom. The van der Waals surface area contributed by atoms with E-state index in [9.17, 15) is 9.59 Å².